The van der Waals surface area contributed by atoms with Gasteiger partial charge in [-0.2, -0.15) is 0 Å². The first-order valence-corrected chi connectivity index (χ1v) is 8.37. The lowest BCUT2D eigenvalue weighted by atomic mass is 9.95. The monoisotopic (exact) mass is 347 g/mol. The highest BCUT2D eigenvalue weighted by atomic mass is 16.5. The lowest BCUT2D eigenvalue weighted by Gasteiger charge is -2.29. The molecule has 0 aromatic heterocycles. The Morgan fingerprint density at radius 3 is 2.64 bits per heavy atom. The molecule has 0 radical (unpaired) electrons. The predicted octanol–water partition coefficient (Wildman–Crippen LogP) is 1.92. The lowest BCUT2D eigenvalue weighted by Crippen LogP contribution is -2.45. The molecule has 25 heavy (non-hydrogen) atoms. The van der Waals surface area contributed by atoms with Crippen molar-refractivity contribution in [3.8, 4) is 5.75 Å². The normalized spacial score (nSPS) is 13.8. The number of rotatable bonds is 5. The molecule has 7 heteroatoms. The van der Waals surface area contributed by atoms with Crippen LogP contribution in [0.4, 0.5) is 11.4 Å². The summed E-state index contributed by atoms with van der Waals surface area (Å²) in [5, 5.41) is 5.58. The van der Waals surface area contributed by atoms with Crippen molar-refractivity contribution >= 4 is 29.1 Å². The Bertz CT molecular complexity index is 679. The quantitative estimate of drug-likeness (QED) is 0.852. The number of nitrogens with one attached hydrogen (secondary N) is 2. The van der Waals surface area contributed by atoms with Gasteiger partial charge in [0.05, 0.1) is 5.69 Å². The predicted molar refractivity (Wildman–Crippen MR) is 95.7 cm³/mol. The number of amides is 3. The standard InChI is InChI=1S/C18H25N3O4/c1-5-8-19-15(22)10-21-13-9-12(20-17(24)18(2,3)4)6-7-14(13)25-11-16(21)23/h6-7,9H,5,8,10-11H2,1-4H3,(H,19,22)(H,20,24). The topological polar surface area (TPSA) is 87.7 Å². The SMILES string of the molecule is CCCNC(=O)CN1C(=O)COc2ccc(NC(=O)C(C)(C)C)cc21. The van der Waals surface area contributed by atoms with Gasteiger partial charge in [0.25, 0.3) is 5.91 Å². The van der Waals surface area contributed by atoms with Gasteiger partial charge in [0, 0.05) is 17.6 Å². The van der Waals surface area contributed by atoms with Crippen molar-refractivity contribution in [2.45, 2.75) is 34.1 Å². The number of nitrogens with zero attached hydrogens (tertiary/aromatic N) is 1. The second-order valence-electron chi connectivity index (χ2n) is 7.01. The average molecular weight is 347 g/mol. The van der Waals surface area contributed by atoms with E-state index in [1.165, 1.54) is 4.90 Å². The second-order valence-corrected chi connectivity index (χ2v) is 7.01. The first kappa shape index (κ1) is 18.8. The van der Waals surface area contributed by atoms with Crippen LogP contribution in [-0.4, -0.2) is 37.4 Å². The molecule has 0 spiro atoms. The van der Waals surface area contributed by atoms with E-state index in [-0.39, 0.29) is 30.9 Å². The third-order valence-corrected chi connectivity index (χ3v) is 3.71. The molecular weight excluding hydrogens is 322 g/mol. The van der Waals surface area contributed by atoms with E-state index in [9.17, 15) is 14.4 Å². The lowest BCUT2D eigenvalue weighted by molar-refractivity contribution is -0.125. The van der Waals surface area contributed by atoms with E-state index in [1.54, 1.807) is 18.2 Å². The maximum Gasteiger partial charge on any atom is 0.265 e. The molecule has 0 bridgehead atoms. The Morgan fingerprint density at radius 1 is 1.28 bits per heavy atom. The molecule has 1 aliphatic rings. The van der Waals surface area contributed by atoms with Crippen LogP contribution in [0.5, 0.6) is 5.75 Å². The van der Waals surface area contributed by atoms with Crippen LogP contribution in [0.25, 0.3) is 0 Å². The van der Waals surface area contributed by atoms with Gasteiger partial charge in [-0.05, 0) is 24.6 Å². The van der Waals surface area contributed by atoms with E-state index in [1.807, 2.05) is 27.7 Å². The smallest absolute Gasteiger partial charge is 0.265 e. The third-order valence-electron chi connectivity index (χ3n) is 3.71. The molecule has 0 saturated carbocycles. The summed E-state index contributed by atoms with van der Waals surface area (Å²) in [4.78, 5) is 37.7. The zero-order valence-corrected chi connectivity index (χ0v) is 15.1. The molecule has 7 nitrogen and oxygen atoms in total. The fraction of sp³-hybridized carbons (Fsp3) is 0.500. The van der Waals surface area contributed by atoms with Crippen LogP contribution in [0, 0.1) is 5.41 Å². The molecule has 1 aromatic carbocycles. The molecule has 3 amide bonds. The summed E-state index contributed by atoms with van der Waals surface area (Å²) in [7, 11) is 0. The maximum absolute atomic E-state index is 12.2. The second kappa shape index (κ2) is 7.55. The van der Waals surface area contributed by atoms with E-state index in [0.29, 0.717) is 23.7 Å². The van der Waals surface area contributed by atoms with E-state index < -0.39 is 5.41 Å². The summed E-state index contributed by atoms with van der Waals surface area (Å²) in [6, 6.07) is 5.06. The Balaban J connectivity index is 2.22. The molecule has 0 atom stereocenters. The highest BCUT2D eigenvalue weighted by Gasteiger charge is 2.28. The van der Waals surface area contributed by atoms with Crippen LogP contribution in [-0.2, 0) is 14.4 Å². The van der Waals surface area contributed by atoms with Gasteiger partial charge in [-0.3, -0.25) is 19.3 Å². The van der Waals surface area contributed by atoms with Crippen molar-refractivity contribution < 1.29 is 19.1 Å². The van der Waals surface area contributed by atoms with Gasteiger partial charge in [-0.25, -0.2) is 0 Å². The minimum atomic E-state index is -0.540. The van der Waals surface area contributed by atoms with Gasteiger partial charge in [0.1, 0.15) is 12.3 Å². The molecule has 0 aliphatic carbocycles. The van der Waals surface area contributed by atoms with Crippen LogP contribution in [0.1, 0.15) is 34.1 Å². The van der Waals surface area contributed by atoms with Crippen LogP contribution in [0.15, 0.2) is 18.2 Å². The Hall–Kier alpha value is -2.57. The number of anilines is 2. The molecule has 0 saturated heterocycles. The van der Waals surface area contributed by atoms with E-state index in [0.717, 1.165) is 6.42 Å². The van der Waals surface area contributed by atoms with E-state index in [2.05, 4.69) is 10.6 Å². The summed E-state index contributed by atoms with van der Waals surface area (Å²) in [6.45, 7) is 7.78. The molecule has 136 valence electrons. The van der Waals surface area contributed by atoms with Gasteiger partial charge in [0.2, 0.25) is 11.8 Å². The zero-order chi connectivity index (χ0) is 18.6. The van der Waals surface area contributed by atoms with Crippen molar-refractivity contribution in [2.75, 3.05) is 29.9 Å². The van der Waals surface area contributed by atoms with Crippen LogP contribution in [0.2, 0.25) is 0 Å². The maximum atomic E-state index is 12.2. The number of carbonyl (C=O) groups is 3. The molecule has 1 aromatic rings. The molecular formula is C18H25N3O4. The van der Waals surface area contributed by atoms with Crippen molar-refractivity contribution in [1.82, 2.24) is 5.32 Å². The average Bonchev–Trinajstić information content (AvgIpc) is 2.54. The zero-order valence-electron chi connectivity index (χ0n) is 15.1. The summed E-state index contributed by atoms with van der Waals surface area (Å²) < 4.78 is 5.42. The van der Waals surface area contributed by atoms with Crippen molar-refractivity contribution in [3.05, 3.63) is 18.2 Å². The largest absolute Gasteiger partial charge is 0.482 e. The van der Waals surface area contributed by atoms with Crippen LogP contribution in [0.3, 0.4) is 0 Å². The Labute approximate surface area is 147 Å². The molecule has 0 fully saturated rings. The summed E-state index contributed by atoms with van der Waals surface area (Å²) in [5.41, 5.74) is 0.493. The summed E-state index contributed by atoms with van der Waals surface area (Å²) in [6.07, 6.45) is 0.822. The number of fused-ring (bicyclic) bond motifs is 1. The first-order valence-electron chi connectivity index (χ1n) is 8.37. The highest BCUT2D eigenvalue weighted by Crippen LogP contribution is 2.34. The van der Waals surface area contributed by atoms with Gasteiger partial charge in [-0.15, -0.1) is 0 Å². The van der Waals surface area contributed by atoms with Crippen molar-refractivity contribution in [2.24, 2.45) is 5.41 Å². The Kier molecular flexibility index (Phi) is 5.66. The minimum Gasteiger partial charge on any atom is -0.482 e. The number of carbonyl (C=O) groups excluding carboxylic acids is 3. The fourth-order valence-corrected chi connectivity index (χ4v) is 2.24. The third kappa shape index (κ3) is 4.71. The van der Waals surface area contributed by atoms with Gasteiger partial charge in [-0.1, -0.05) is 27.7 Å². The number of ether oxygens (including phenoxy) is 1. The van der Waals surface area contributed by atoms with Gasteiger partial charge >= 0.3 is 0 Å². The van der Waals surface area contributed by atoms with Gasteiger partial charge in [0.15, 0.2) is 6.61 Å². The number of benzene rings is 1. The summed E-state index contributed by atoms with van der Waals surface area (Å²) >= 11 is 0. The molecule has 0 unspecified atom stereocenters. The minimum absolute atomic E-state index is 0.0775. The Morgan fingerprint density at radius 2 is 2.00 bits per heavy atom. The number of hydrogen-bond donors (Lipinski definition) is 2. The van der Waals surface area contributed by atoms with Crippen LogP contribution >= 0.6 is 0 Å². The molecule has 2 rings (SSSR count). The fourth-order valence-electron chi connectivity index (χ4n) is 2.24. The summed E-state index contributed by atoms with van der Waals surface area (Å²) in [5.74, 6) is -0.148. The molecule has 1 aliphatic heterocycles. The van der Waals surface area contributed by atoms with Crippen LogP contribution < -0.4 is 20.3 Å². The molecule has 1 heterocycles. The van der Waals surface area contributed by atoms with E-state index in [4.69, 9.17) is 4.74 Å². The van der Waals surface area contributed by atoms with Crippen molar-refractivity contribution in [3.63, 3.8) is 0 Å². The first-order chi connectivity index (χ1) is 11.7. The van der Waals surface area contributed by atoms with Gasteiger partial charge < -0.3 is 15.4 Å². The van der Waals surface area contributed by atoms with E-state index >= 15 is 0 Å². The highest BCUT2D eigenvalue weighted by molar-refractivity contribution is 6.03. The van der Waals surface area contributed by atoms with Crippen molar-refractivity contribution in [1.29, 1.82) is 0 Å². The molecule has 2 N–H and O–H groups in total. The number of hydrogen-bond acceptors (Lipinski definition) is 4.